The SMILES string of the molecule is CC/C(C)=C/C=C\c1c(C)ccc2[nH]c(CCc3ccc4c(C)ncc(C)c4n3)nc12. The quantitative estimate of drug-likeness (QED) is 0.365. The fourth-order valence-corrected chi connectivity index (χ4v) is 3.81. The van der Waals surface area contributed by atoms with Crippen molar-refractivity contribution in [1.82, 2.24) is 19.9 Å². The van der Waals surface area contributed by atoms with Gasteiger partial charge in [0.05, 0.1) is 16.6 Å². The van der Waals surface area contributed by atoms with Crippen molar-refractivity contribution in [2.45, 2.75) is 53.9 Å². The number of pyridine rings is 2. The molecule has 4 heteroatoms. The smallest absolute Gasteiger partial charge is 0.107 e. The van der Waals surface area contributed by atoms with Gasteiger partial charge in [0.2, 0.25) is 0 Å². The van der Waals surface area contributed by atoms with Gasteiger partial charge in [0.1, 0.15) is 5.82 Å². The fraction of sp³-hybridized carbons (Fsp3) is 0.296. The molecule has 0 bridgehead atoms. The molecule has 0 aliphatic heterocycles. The number of aryl methyl sites for hydroxylation is 5. The van der Waals surface area contributed by atoms with Crippen LogP contribution in [-0.4, -0.2) is 19.9 Å². The first-order valence-electron chi connectivity index (χ1n) is 11.0. The van der Waals surface area contributed by atoms with Crippen LogP contribution in [0.2, 0.25) is 0 Å². The normalized spacial score (nSPS) is 12.5. The predicted octanol–water partition coefficient (Wildman–Crippen LogP) is 6.59. The van der Waals surface area contributed by atoms with Crippen LogP contribution in [0.5, 0.6) is 0 Å². The molecule has 0 fully saturated rings. The van der Waals surface area contributed by atoms with E-state index in [1.54, 1.807) is 0 Å². The number of fused-ring (bicyclic) bond motifs is 2. The summed E-state index contributed by atoms with van der Waals surface area (Å²) in [6.07, 6.45) is 11.1. The number of rotatable bonds is 6. The van der Waals surface area contributed by atoms with Crippen molar-refractivity contribution in [1.29, 1.82) is 0 Å². The monoisotopic (exact) mass is 410 g/mol. The van der Waals surface area contributed by atoms with Gasteiger partial charge in [0.25, 0.3) is 0 Å². The summed E-state index contributed by atoms with van der Waals surface area (Å²) in [5.41, 5.74) is 10.2. The topological polar surface area (TPSA) is 54.5 Å². The van der Waals surface area contributed by atoms with Crippen molar-refractivity contribution >= 4 is 28.0 Å². The number of benzene rings is 1. The number of hydrogen-bond acceptors (Lipinski definition) is 3. The highest BCUT2D eigenvalue weighted by Crippen LogP contribution is 2.23. The molecule has 4 aromatic rings. The Morgan fingerprint density at radius 3 is 2.61 bits per heavy atom. The molecule has 0 radical (unpaired) electrons. The molecule has 1 aromatic carbocycles. The third kappa shape index (κ3) is 4.43. The van der Waals surface area contributed by atoms with Crippen molar-refractivity contribution in [3.05, 3.63) is 82.1 Å². The van der Waals surface area contributed by atoms with E-state index < -0.39 is 0 Å². The molecule has 31 heavy (non-hydrogen) atoms. The maximum atomic E-state index is 4.94. The van der Waals surface area contributed by atoms with Gasteiger partial charge in [-0.15, -0.1) is 0 Å². The Hall–Kier alpha value is -3.27. The van der Waals surface area contributed by atoms with E-state index in [1.165, 1.54) is 16.7 Å². The first kappa shape index (κ1) is 21.0. The summed E-state index contributed by atoms with van der Waals surface area (Å²) in [7, 11) is 0. The van der Waals surface area contributed by atoms with Crippen LogP contribution < -0.4 is 0 Å². The standard InChI is InChI=1S/C27H30N4/c1-6-17(2)8-7-9-22-18(3)10-14-24-27(22)31-25(30-24)15-12-21-11-13-23-20(5)28-16-19(4)26(23)29-21/h7-11,13-14,16H,6,12,15H2,1-5H3,(H,30,31)/b9-7-,17-8+. The maximum absolute atomic E-state index is 4.94. The minimum Gasteiger partial charge on any atom is -0.342 e. The lowest BCUT2D eigenvalue weighted by Gasteiger charge is -2.06. The van der Waals surface area contributed by atoms with E-state index in [9.17, 15) is 0 Å². The molecule has 0 aliphatic rings. The summed E-state index contributed by atoms with van der Waals surface area (Å²) in [6, 6.07) is 8.53. The molecule has 1 N–H and O–H groups in total. The molecule has 158 valence electrons. The summed E-state index contributed by atoms with van der Waals surface area (Å²) in [5, 5.41) is 1.13. The second-order valence-electron chi connectivity index (χ2n) is 8.33. The minimum atomic E-state index is 0.827. The van der Waals surface area contributed by atoms with E-state index in [-0.39, 0.29) is 0 Å². The molecule has 4 nitrogen and oxygen atoms in total. The van der Waals surface area contributed by atoms with Crippen molar-refractivity contribution < 1.29 is 0 Å². The third-order valence-electron chi connectivity index (χ3n) is 5.95. The first-order chi connectivity index (χ1) is 15.0. The second-order valence-corrected chi connectivity index (χ2v) is 8.33. The Morgan fingerprint density at radius 2 is 1.81 bits per heavy atom. The van der Waals surface area contributed by atoms with E-state index in [0.717, 1.165) is 64.0 Å². The zero-order valence-corrected chi connectivity index (χ0v) is 19.1. The van der Waals surface area contributed by atoms with E-state index in [4.69, 9.17) is 9.97 Å². The molecule has 0 spiro atoms. The van der Waals surface area contributed by atoms with E-state index >= 15 is 0 Å². The maximum Gasteiger partial charge on any atom is 0.107 e. The number of nitrogens with zero attached hydrogens (tertiary/aromatic N) is 3. The summed E-state index contributed by atoms with van der Waals surface area (Å²) in [4.78, 5) is 17.8. The molecule has 0 amide bonds. The third-order valence-corrected chi connectivity index (χ3v) is 5.95. The van der Waals surface area contributed by atoms with E-state index in [1.807, 2.05) is 13.1 Å². The van der Waals surface area contributed by atoms with Gasteiger partial charge in [-0.3, -0.25) is 9.97 Å². The lowest BCUT2D eigenvalue weighted by atomic mass is 10.1. The average Bonchev–Trinajstić information content (AvgIpc) is 3.19. The number of nitrogens with one attached hydrogen (secondary N) is 1. The summed E-state index contributed by atoms with van der Waals surface area (Å²) in [6.45, 7) is 10.6. The Bertz CT molecular complexity index is 1310. The van der Waals surface area contributed by atoms with Crippen LogP contribution in [0.15, 0.2) is 48.2 Å². The summed E-state index contributed by atoms with van der Waals surface area (Å²) >= 11 is 0. The van der Waals surface area contributed by atoms with Crippen LogP contribution in [0, 0.1) is 20.8 Å². The van der Waals surface area contributed by atoms with Gasteiger partial charge >= 0.3 is 0 Å². The number of imidazole rings is 1. The van der Waals surface area contributed by atoms with Crippen molar-refractivity contribution in [2.24, 2.45) is 0 Å². The number of aromatic nitrogens is 4. The van der Waals surface area contributed by atoms with Crippen LogP contribution in [0.4, 0.5) is 0 Å². The Balaban J connectivity index is 1.59. The molecule has 0 aliphatic carbocycles. The largest absolute Gasteiger partial charge is 0.342 e. The highest BCUT2D eigenvalue weighted by molar-refractivity contribution is 5.87. The number of H-pyrrole nitrogens is 1. The van der Waals surface area contributed by atoms with Gasteiger partial charge < -0.3 is 4.98 Å². The molecule has 0 saturated heterocycles. The van der Waals surface area contributed by atoms with Crippen LogP contribution in [0.1, 0.15) is 54.2 Å². The summed E-state index contributed by atoms with van der Waals surface area (Å²) < 4.78 is 0. The molecular formula is C27H30N4. The van der Waals surface area contributed by atoms with Crippen molar-refractivity contribution in [2.75, 3.05) is 0 Å². The molecule has 4 rings (SSSR count). The van der Waals surface area contributed by atoms with Crippen molar-refractivity contribution in [3.8, 4) is 0 Å². The van der Waals surface area contributed by atoms with Crippen molar-refractivity contribution in [3.63, 3.8) is 0 Å². The van der Waals surface area contributed by atoms with Crippen LogP contribution in [-0.2, 0) is 12.8 Å². The highest BCUT2D eigenvalue weighted by Gasteiger charge is 2.10. The van der Waals surface area contributed by atoms with Gasteiger partial charge in [0.15, 0.2) is 0 Å². The molecule has 3 aromatic heterocycles. The number of hydrogen-bond donors (Lipinski definition) is 1. The van der Waals surface area contributed by atoms with Gasteiger partial charge in [-0.25, -0.2) is 4.98 Å². The fourth-order valence-electron chi connectivity index (χ4n) is 3.81. The number of allylic oxidation sites excluding steroid dienone is 3. The Morgan fingerprint density at radius 1 is 0.968 bits per heavy atom. The van der Waals surface area contributed by atoms with Gasteiger partial charge in [-0.05, 0) is 69.9 Å². The number of aromatic amines is 1. The summed E-state index contributed by atoms with van der Waals surface area (Å²) in [5.74, 6) is 1.00. The van der Waals surface area contributed by atoms with Gasteiger partial charge in [0, 0.05) is 35.0 Å². The Labute approximate surface area is 184 Å². The predicted molar refractivity (Wildman–Crippen MR) is 130 cm³/mol. The van der Waals surface area contributed by atoms with E-state index in [2.05, 4.69) is 80.2 Å². The molecule has 0 atom stereocenters. The van der Waals surface area contributed by atoms with Crippen LogP contribution in [0.25, 0.3) is 28.0 Å². The van der Waals surface area contributed by atoms with Gasteiger partial charge in [-0.2, -0.15) is 0 Å². The zero-order chi connectivity index (χ0) is 22.0. The van der Waals surface area contributed by atoms with Gasteiger partial charge in [-0.1, -0.05) is 36.8 Å². The molecule has 0 unspecified atom stereocenters. The Kier molecular flexibility index (Phi) is 5.99. The first-order valence-corrected chi connectivity index (χ1v) is 11.0. The average molecular weight is 411 g/mol. The molecule has 3 heterocycles. The zero-order valence-electron chi connectivity index (χ0n) is 19.1. The highest BCUT2D eigenvalue weighted by atomic mass is 14.9. The van der Waals surface area contributed by atoms with Crippen LogP contribution >= 0.6 is 0 Å². The molecule has 0 saturated carbocycles. The van der Waals surface area contributed by atoms with E-state index in [0.29, 0.717) is 0 Å². The second kappa shape index (κ2) is 8.84. The van der Waals surface area contributed by atoms with Crippen LogP contribution in [0.3, 0.4) is 0 Å². The minimum absolute atomic E-state index is 0.827. The lowest BCUT2D eigenvalue weighted by molar-refractivity contribution is 0.865. The molecular weight excluding hydrogens is 380 g/mol. The lowest BCUT2D eigenvalue weighted by Crippen LogP contribution is -1.98.